The van der Waals surface area contributed by atoms with Gasteiger partial charge in [0.1, 0.15) is 0 Å². The average Bonchev–Trinajstić information content (AvgIpc) is 3.07. The van der Waals surface area contributed by atoms with E-state index in [1.807, 2.05) is 0 Å². The van der Waals surface area contributed by atoms with Gasteiger partial charge in [-0.05, 0) is 24.3 Å². The summed E-state index contributed by atoms with van der Waals surface area (Å²) >= 11 is 0. The number of benzene rings is 2. The van der Waals surface area contributed by atoms with Gasteiger partial charge in [-0.25, -0.2) is 0 Å². The number of rotatable bonds is 1. The fourth-order valence-electron chi connectivity index (χ4n) is 4.10. The molecule has 4 rings (SSSR count). The van der Waals surface area contributed by atoms with Crippen molar-refractivity contribution in [1.82, 2.24) is 0 Å². The third-order valence-corrected chi connectivity index (χ3v) is 5.16. The quantitative estimate of drug-likeness (QED) is 0.472. The van der Waals surface area contributed by atoms with Crippen LogP contribution in [0, 0.1) is 5.41 Å². The van der Waals surface area contributed by atoms with E-state index >= 15 is 0 Å². The molecular weight excluding hydrogens is 438 g/mol. The Labute approximate surface area is 188 Å². The molecule has 3 heteroatoms. The molecule has 1 aliphatic carbocycles. The molecule has 0 bridgehead atoms. The van der Waals surface area contributed by atoms with Crippen LogP contribution in [0.3, 0.4) is 0 Å². The van der Waals surface area contributed by atoms with E-state index in [0.717, 1.165) is 6.42 Å². The van der Waals surface area contributed by atoms with E-state index in [9.17, 15) is 0 Å². The molecule has 0 spiro atoms. The van der Waals surface area contributed by atoms with Gasteiger partial charge in [0.05, 0.1) is 0 Å². The van der Waals surface area contributed by atoms with Gasteiger partial charge in [-0.2, -0.15) is 0 Å². The van der Waals surface area contributed by atoms with Crippen LogP contribution in [0.4, 0.5) is 0 Å². The first-order valence-electron chi connectivity index (χ1n) is 8.45. The van der Waals surface area contributed by atoms with Crippen LogP contribution >= 0.6 is 0 Å². The second-order valence-electron chi connectivity index (χ2n) is 7.67. The SMILES string of the molecule is CC1=C(c2cccc3c2[cH-]c2ccccc23)CC=C1C(C)(C)C.[Cl-].[Cl-].[Zr+3]. The van der Waals surface area contributed by atoms with Crippen LogP contribution in [0.5, 0.6) is 0 Å². The minimum atomic E-state index is 0. The Balaban J connectivity index is 0.00000113. The Morgan fingerprint density at radius 2 is 1.54 bits per heavy atom. The van der Waals surface area contributed by atoms with Crippen molar-refractivity contribution < 1.29 is 51.0 Å². The summed E-state index contributed by atoms with van der Waals surface area (Å²) in [6.45, 7) is 9.22. The van der Waals surface area contributed by atoms with E-state index in [1.54, 1.807) is 0 Å². The van der Waals surface area contributed by atoms with Crippen LogP contribution in [-0.2, 0) is 26.2 Å². The molecule has 1 radical (unpaired) electrons. The first kappa shape index (κ1) is 23.3. The smallest absolute Gasteiger partial charge is 1.00 e. The van der Waals surface area contributed by atoms with Crippen LogP contribution in [0.2, 0.25) is 0 Å². The molecule has 0 saturated heterocycles. The molecule has 0 amide bonds. The van der Waals surface area contributed by atoms with Crippen LogP contribution in [0.15, 0.2) is 65.8 Å². The summed E-state index contributed by atoms with van der Waals surface area (Å²) in [5, 5.41) is 5.48. The molecule has 26 heavy (non-hydrogen) atoms. The van der Waals surface area contributed by atoms with Crippen LogP contribution < -0.4 is 24.8 Å². The maximum absolute atomic E-state index is 2.42. The summed E-state index contributed by atoms with van der Waals surface area (Å²) in [5.74, 6) is 0. The van der Waals surface area contributed by atoms with E-state index in [1.165, 1.54) is 43.8 Å². The minimum Gasteiger partial charge on any atom is -1.00 e. The number of hydrogen-bond acceptors (Lipinski definition) is 0. The summed E-state index contributed by atoms with van der Waals surface area (Å²) in [6, 6.07) is 17.8. The van der Waals surface area contributed by atoms with Gasteiger partial charge in [0.25, 0.3) is 0 Å². The Bertz CT molecular complexity index is 984. The third kappa shape index (κ3) is 3.77. The summed E-state index contributed by atoms with van der Waals surface area (Å²) in [7, 11) is 0. The maximum Gasteiger partial charge on any atom is 3.00 e. The Kier molecular flexibility index (Phi) is 7.62. The van der Waals surface area contributed by atoms with Crippen molar-refractivity contribution in [3.05, 3.63) is 71.3 Å². The van der Waals surface area contributed by atoms with E-state index in [0.29, 0.717) is 0 Å². The summed E-state index contributed by atoms with van der Waals surface area (Å²) in [4.78, 5) is 0. The van der Waals surface area contributed by atoms with Gasteiger partial charge in [0.15, 0.2) is 0 Å². The zero-order chi connectivity index (χ0) is 16.2. The van der Waals surface area contributed by atoms with Gasteiger partial charge in [0, 0.05) is 0 Å². The Morgan fingerprint density at radius 1 is 0.885 bits per heavy atom. The number of hydrogen-bond donors (Lipinski definition) is 0. The average molecular weight is 462 g/mol. The second-order valence-corrected chi connectivity index (χ2v) is 7.67. The van der Waals surface area contributed by atoms with Gasteiger partial charge >= 0.3 is 26.2 Å². The van der Waals surface area contributed by atoms with E-state index < -0.39 is 0 Å². The van der Waals surface area contributed by atoms with E-state index in [2.05, 4.69) is 82.3 Å². The van der Waals surface area contributed by atoms with Crippen molar-refractivity contribution >= 4 is 27.1 Å². The molecule has 0 aromatic heterocycles. The molecule has 0 atom stereocenters. The zero-order valence-electron chi connectivity index (χ0n) is 15.7. The summed E-state index contributed by atoms with van der Waals surface area (Å²) in [5.41, 5.74) is 6.09. The normalized spacial score (nSPS) is 13.9. The number of allylic oxidation sites excluding steroid dienone is 4. The molecule has 1 aliphatic rings. The van der Waals surface area contributed by atoms with Gasteiger partial charge in [-0.3, -0.25) is 0 Å². The topological polar surface area (TPSA) is 0 Å². The standard InChI is InChI=1S/C23H23.2ClH.Zr/c1-15-17(12-13-22(15)23(2,3)4)19-10-7-11-20-18-9-6-5-8-16(18)14-21(19)20;;;/h5-11,13-14H,12H2,1-4H3;2*1H;/q-1;;;+3/p-2. The molecule has 0 saturated carbocycles. The summed E-state index contributed by atoms with van der Waals surface area (Å²) in [6.07, 6.45) is 3.48. The molecule has 0 fully saturated rings. The number of halogens is 2. The molecule has 0 unspecified atom stereocenters. The second kappa shape index (κ2) is 8.51. The van der Waals surface area contributed by atoms with Crippen molar-refractivity contribution in [3.8, 4) is 0 Å². The fourth-order valence-corrected chi connectivity index (χ4v) is 4.10. The fraction of sp³-hybridized carbons (Fsp3) is 0.261. The van der Waals surface area contributed by atoms with Crippen LogP contribution in [-0.4, -0.2) is 0 Å². The zero-order valence-corrected chi connectivity index (χ0v) is 19.6. The van der Waals surface area contributed by atoms with Crippen molar-refractivity contribution in [2.45, 2.75) is 34.1 Å². The van der Waals surface area contributed by atoms with Crippen molar-refractivity contribution in [2.75, 3.05) is 0 Å². The van der Waals surface area contributed by atoms with Crippen molar-refractivity contribution in [1.29, 1.82) is 0 Å². The number of fused-ring (bicyclic) bond motifs is 3. The van der Waals surface area contributed by atoms with E-state index in [4.69, 9.17) is 0 Å². The van der Waals surface area contributed by atoms with Gasteiger partial charge < -0.3 is 24.8 Å². The first-order chi connectivity index (χ1) is 11.0. The molecule has 0 heterocycles. The third-order valence-electron chi connectivity index (χ3n) is 5.16. The van der Waals surface area contributed by atoms with Crippen molar-refractivity contribution in [2.24, 2.45) is 5.41 Å². The molecule has 133 valence electrons. The van der Waals surface area contributed by atoms with Crippen molar-refractivity contribution in [3.63, 3.8) is 0 Å². The minimum absolute atomic E-state index is 0. The van der Waals surface area contributed by atoms with E-state index in [-0.39, 0.29) is 56.4 Å². The Morgan fingerprint density at radius 3 is 2.19 bits per heavy atom. The molecule has 0 N–H and O–H groups in total. The monoisotopic (exact) mass is 459 g/mol. The maximum atomic E-state index is 2.42. The van der Waals surface area contributed by atoms with Gasteiger partial charge in [-0.1, -0.05) is 80.0 Å². The molecule has 0 aliphatic heterocycles. The first-order valence-corrected chi connectivity index (χ1v) is 8.45. The van der Waals surface area contributed by atoms with Gasteiger partial charge in [0.2, 0.25) is 0 Å². The van der Waals surface area contributed by atoms with Gasteiger partial charge in [-0.15, -0.1) is 33.7 Å². The molecule has 3 aromatic rings. The summed E-state index contributed by atoms with van der Waals surface area (Å²) < 4.78 is 0. The van der Waals surface area contributed by atoms with Crippen LogP contribution in [0.25, 0.3) is 27.1 Å². The Hall–Kier alpha value is -0.747. The molecule has 3 aromatic carbocycles. The molecular formula is C23H23Cl2Zr. The molecule has 0 nitrogen and oxygen atoms in total. The largest absolute Gasteiger partial charge is 3.00 e. The predicted molar refractivity (Wildman–Crippen MR) is 102 cm³/mol. The predicted octanol–water partition coefficient (Wildman–Crippen LogP) is 0.867. The van der Waals surface area contributed by atoms with Crippen LogP contribution in [0.1, 0.15) is 39.7 Å².